The van der Waals surface area contributed by atoms with Crippen LogP contribution in [-0.2, 0) is 6.42 Å². The lowest BCUT2D eigenvalue weighted by Gasteiger charge is -2.18. The molecule has 3 rings (SSSR count). The van der Waals surface area contributed by atoms with Crippen LogP contribution in [0.2, 0.25) is 0 Å². The summed E-state index contributed by atoms with van der Waals surface area (Å²) in [5.74, 6) is -0.173. The smallest absolute Gasteiger partial charge is 0.262 e. The second kappa shape index (κ2) is 4.56. The minimum Gasteiger partial charge on any atom is -0.507 e. The molecule has 1 heterocycles. The summed E-state index contributed by atoms with van der Waals surface area (Å²) in [6.45, 7) is 2.51. The third kappa shape index (κ3) is 1.99. The molecule has 0 aromatic heterocycles. The summed E-state index contributed by atoms with van der Waals surface area (Å²) < 4.78 is 0. The average molecular weight is 268 g/mol. The molecular formula is C16H16N2O2. The predicted molar refractivity (Wildman–Crippen MR) is 79.1 cm³/mol. The van der Waals surface area contributed by atoms with Gasteiger partial charge in [0.2, 0.25) is 0 Å². The number of nitrogens with two attached hydrogens (primary N) is 1. The number of aromatic hydroxyl groups is 1. The van der Waals surface area contributed by atoms with Gasteiger partial charge in [0.15, 0.2) is 0 Å². The van der Waals surface area contributed by atoms with Gasteiger partial charge < -0.3 is 15.7 Å². The van der Waals surface area contributed by atoms with E-state index in [-0.39, 0.29) is 11.7 Å². The maximum atomic E-state index is 12.6. The zero-order chi connectivity index (χ0) is 14.3. The van der Waals surface area contributed by atoms with Gasteiger partial charge in [0.05, 0.1) is 5.56 Å². The van der Waals surface area contributed by atoms with Gasteiger partial charge in [-0.2, -0.15) is 0 Å². The number of nitrogen functional groups attached to an aromatic ring is 1. The van der Waals surface area contributed by atoms with Crippen LogP contribution in [0.25, 0.3) is 0 Å². The van der Waals surface area contributed by atoms with Crippen LogP contribution in [-0.4, -0.2) is 17.6 Å². The third-order valence-electron chi connectivity index (χ3n) is 3.63. The standard InChI is InChI=1S/C16H16N2O2/c1-10-2-5-15(19)13(8-10)16(20)18-7-6-11-3-4-12(17)9-14(11)18/h2-5,8-9,19H,6-7,17H2,1H3. The number of nitrogens with zero attached hydrogens (tertiary/aromatic N) is 1. The van der Waals surface area contributed by atoms with E-state index in [1.807, 2.05) is 25.1 Å². The Balaban J connectivity index is 2.01. The van der Waals surface area contributed by atoms with Crippen LogP contribution in [0.3, 0.4) is 0 Å². The molecule has 1 aliphatic rings. The van der Waals surface area contributed by atoms with Gasteiger partial charge in [0.25, 0.3) is 5.91 Å². The highest BCUT2D eigenvalue weighted by molar-refractivity contribution is 6.09. The second-order valence-electron chi connectivity index (χ2n) is 5.12. The Labute approximate surface area is 117 Å². The number of rotatable bonds is 1. The molecule has 4 heteroatoms. The van der Waals surface area contributed by atoms with Gasteiger partial charge in [-0.05, 0) is 43.2 Å². The number of carbonyl (C=O) groups is 1. The number of amides is 1. The van der Waals surface area contributed by atoms with Gasteiger partial charge in [0, 0.05) is 17.9 Å². The summed E-state index contributed by atoms with van der Waals surface area (Å²) in [4.78, 5) is 14.3. The molecule has 0 saturated heterocycles. The van der Waals surface area contributed by atoms with E-state index < -0.39 is 0 Å². The normalized spacial score (nSPS) is 13.3. The maximum absolute atomic E-state index is 12.6. The first-order valence-corrected chi connectivity index (χ1v) is 6.56. The van der Waals surface area contributed by atoms with Crippen molar-refractivity contribution in [2.75, 3.05) is 17.2 Å². The molecule has 0 radical (unpaired) electrons. The topological polar surface area (TPSA) is 66.6 Å². The number of carbonyl (C=O) groups excluding carboxylic acids is 1. The van der Waals surface area contributed by atoms with Crippen molar-refractivity contribution in [3.05, 3.63) is 53.1 Å². The quantitative estimate of drug-likeness (QED) is 0.781. The molecule has 0 saturated carbocycles. The van der Waals surface area contributed by atoms with E-state index in [1.54, 1.807) is 23.1 Å². The van der Waals surface area contributed by atoms with Crippen LogP contribution in [0.15, 0.2) is 36.4 Å². The molecule has 0 unspecified atom stereocenters. The second-order valence-corrected chi connectivity index (χ2v) is 5.12. The minimum atomic E-state index is -0.185. The molecule has 1 amide bonds. The molecular weight excluding hydrogens is 252 g/mol. The Hall–Kier alpha value is -2.49. The van der Waals surface area contributed by atoms with Crippen LogP contribution in [0, 0.1) is 6.92 Å². The number of benzene rings is 2. The molecule has 0 bridgehead atoms. The van der Waals surface area contributed by atoms with Gasteiger partial charge in [-0.15, -0.1) is 0 Å². The van der Waals surface area contributed by atoms with Gasteiger partial charge >= 0.3 is 0 Å². The molecule has 0 spiro atoms. The molecule has 2 aromatic carbocycles. The van der Waals surface area contributed by atoms with Crippen molar-refractivity contribution in [3.63, 3.8) is 0 Å². The van der Waals surface area contributed by atoms with Gasteiger partial charge in [-0.1, -0.05) is 17.7 Å². The number of phenolic OH excluding ortho intramolecular Hbond substituents is 1. The predicted octanol–water partition coefficient (Wildman–Crippen LogP) is 2.49. The van der Waals surface area contributed by atoms with Crippen molar-refractivity contribution in [1.29, 1.82) is 0 Å². The Morgan fingerprint density at radius 3 is 2.85 bits per heavy atom. The van der Waals surface area contributed by atoms with Crippen LogP contribution in [0.4, 0.5) is 11.4 Å². The summed E-state index contributed by atoms with van der Waals surface area (Å²) in [5.41, 5.74) is 9.67. The maximum Gasteiger partial charge on any atom is 0.262 e. The number of aryl methyl sites for hydroxylation is 1. The first kappa shape index (κ1) is 12.5. The number of anilines is 2. The number of hydrogen-bond donors (Lipinski definition) is 2. The van der Waals surface area contributed by atoms with Crippen molar-refractivity contribution in [3.8, 4) is 5.75 Å². The van der Waals surface area contributed by atoms with E-state index in [0.717, 1.165) is 23.2 Å². The fourth-order valence-electron chi connectivity index (χ4n) is 2.57. The number of hydrogen-bond acceptors (Lipinski definition) is 3. The van der Waals surface area contributed by atoms with Crippen LogP contribution >= 0.6 is 0 Å². The molecule has 3 N–H and O–H groups in total. The summed E-state index contributed by atoms with van der Waals surface area (Å²) in [6, 6.07) is 10.7. The monoisotopic (exact) mass is 268 g/mol. The Bertz CT molecular complexity index is 695. The zero-order valence-electron chi connectivity index (χ0n) is 11.3. The summed E-state index contributed by atoms with van der Waals surface area (Å²) in [7, 11) is 0. The average Bonchev–Trinajstić information content (AvgIpc) is 2.83. The van der Waals surface area contributed by atoms with Crippen LogP contribution in [0.1, 0.15) is 21.5 Å². The molecule has 0 fully saturated rings. The van der Waals surface area contributed by atoms with Crippen molar-refractivity contribution >= 4 is 17.3 Å². The minimum absolute atomic E-state index is 0.0120. The Morgan fingerprint density at radius 1 is 1.25 bits per heavy atom. The molecule has 0 atom stereocenters. The van der Waals surface area contributed by atoms with Crippen molar-refractivity contribution in [2.45, 2.75) is 13.3 Å². The third-order valence-corrected chi connectivity index (χ3v) is 3.63. The first-order chi connectivity index (χ1) is 9.56. The van der Waals surface area contributed by atoms with Crippen molar-refractivity contribution < 1.29 is 9.90 Å². The fraction of sp³-hybridized carbons (Fsp3) is 0.188. The van der Waals surface area contributed by atoms with Crippen LogP contribution < -0.4 is 10.6 Å². The number of phenols is 1. The van der Waals surface area contributed by atoms with E-state index in [0.29, 0.717) is 17.8 Å². The van der Waals surface area contributed by atoms with Crippen LogP contribution in [0.5, 0.6) is 5.75 Å². The van der Waals surface area contributed by atoms with Gasteiger partial charge in [-0.3, -0.25) is 4.79 Å². The highest BCUT2D eigenvalue weighted by atomic mass is 16.3. The molecule has 2 aromatic rings. The summed E-state index contributed by atoms with van der Waals surface area (Å²) >= 11 is 0. The van der Waals surface area contributed by atoms with Crippen molar-refractivity contribution in [1.82, 2.24) is 0 Å². The lowest BCUT2D eigenvalue weighted by Crippen LogP contribution is -2.29. The van der Waals surface area contributed by atoms with E-state index in [4.69, 9.17) is 5.73 Å². The van der Waals surface area contributed by atoms with Crippen molar-refractivity contribution in [2.24, 2.45) is 0 Å². The molecule has 1 aliphatic heterocycles. The summed E-state index contributed by atoms with van der Waals surface area (Å²) in [5, 5.41) is 9.90. The Morgan fingerprint density at radius 2 is 2.05 bits per heavy atom. The Kier molecular flexibility index (Phi) is 2.86. The fourth-order valence-corrected chi connectivity index (χ4v) is 2.57. The van der Waals surface area contributed by atoms with E-state index >= 15 is 0 Å². The highest BCUT2D eigenvalue weighted by Gasteiger charge is 2.27. The molecule has 0 aliphatic carbocycles. The van der Waals surface area contributed by atoms with E-state index in [1.165, 1.54) is 0 Å². The summed E-state index contributed by atoms with van der Waals surface area (Å²) in [6.07, 6.45) is 0.813. The lowest BCUT2D eigenvalue weighted by atomic mass is 10.1. The van der Waals surface area contributed by atoms with E-state index in [9.17, 15) is 9.90 Å². The SMILES string of the molecule is Cc1ccc(O)c(C(=O)N2CCc3ccc(N)cc32)c1. The van der Waals surface area contributed by atoms with Gasteiger partial charge in [-0.25, -0.2) is 0 Å². The lowest BCUT2D eigenvalue weighted by molar-refractivity contribution is 0.0987. The first-order valence-electron chi connectivity index (χ1n) is 6.56. The molecule has 4 nitrogen and oxygen atoms in total. The van der Waals surface area contributed by atoms with E-state index in [2.05, 4.69) is 0 Å². The highest BCUT2D eigenvalue weighted by Crippen LogP contribution is 2.32. The van der Waals surface area contributed by atoms with Gasteiger partial charge in [0.1, 0.15) is 5.75 Å². The molecule has 102 valence electrons. The zero-order valence-corrected chi connectivity index (χ0v) is 11.3. The number of fused-ring (bicyclic) bond motifs is 1. The molecule has 20 heavy (non-hydrogen) atoms. The largest absolute Gasteiger partial charge is 0.507 e.